The van der Waals surface area contributed by atoms with E-state index >= 15 is 0 Å². The zero-order valence-corrected chi connectivity index (χ0v) is 7.85. The van der Waals surface area contributed by atoms with Crippen LogP contribution in [0.25, 0.3) is 0 Å². The number of fused-ring (bicyclic) bond motifs is 3. The van der Waals surface area contributed by atoms with Gasteiger partial charge in [0.15, 0.2) is 0 Å². The molecule has 2 N–H and O–H groups in total. The van der Waals surface area contributed by atoms with Gasteiger partial charge in [0, 0.05) is 0 Å². The van der Waals surface area contributed by atoms with Gasteiger partial charge < -0.3 is 10.2 Å². The van der Waals surface area contributed by atoms with Crippen LogP contribution >= 0.6 is 0 Å². The highest BCUT2D eigenvalue weighted by Gasteiger charge is 2.50. The van der Waals surface area contributed by atoms with Crippen molar-refractivity contribution in [3.63, 3.8) is 0 Å². The summed E-state index contributed by atoms with van der Waals surface area (Å²) in [7, 11) is 0. The van der Waals surface area contributed by atoms with Crippen LogP contribution in [0, 0.1) is 23.7 Å². The molecule has 4 heteroatoms. The molecule has 0 radical (unpaired) electrons. The van der Waals surface area contributed by atoms with Crippen molar-refractivity contribution in [3.8, 4) is 0 Å². The molecule has 0 spiro atoms. The van der Waals surface area contributed by atoms with Gasteiger partial charge in [0.1, 0.15) is 0 Å². The minimum atomic E-state index is -0.924. The lowest BCUT2D eigenvalue weighted by molar-refractivity contribution is -0.165. The van der Waals surface area contributed by atoms with E-state index in [1.807, 2.05) is 0 Å². The van der Waals surface area contributed by atoms with Crippen molar-refractivity contribution < 1.29 is 19.8 Å². The number of carboxylic acids is 2. The summed E-state index contributed by atoms with van der Waals surface area (Å²) in [6.07, 6.45) is 3.58. The highest BCUT2D eigenvalue weighted by atomic mass is 16.4. The van der Waals surface area contributed by atoms with Crippen molar-refractivity contribution in [2.24, 2.45) is 23.7 Å². The van der Waals surface area contributed by atoms with E-state index in [0.717, 1.165) is 25.7 Å². The van der Waals surface area contributed by atoms with E-state index in [2.05, 4.69) is 0 Å². The summed E-state index contributed by atoms with van der Waals surface area (Å²) in [5.41, 5.74) is 0. The Morgan fingerprint density at radius 1 is 0.786 bits per heavy atom. The second-order valence-electron chi connectivity index (χ2n) is 4.40. The smallest absolute Gasteiger partial charge is 0.307 e. The summed E-state index contributed by atoms with van der Waals surface area (Å²) >= 11 is 0. The van der Waals surface area contributed by atoms with Crippen LogP contribution in [0.2, 0.25) is 0 Å². The molecule has 0 amide bonds. The van der Waals surface area contributed by atoms with Crippen LogP contribution in [0.15, 0.2) is 0 Å². The Kier molecular flexibility index (Phi) is 2.21. The first-order chi connectivity index (χ1) is 6.61. The van der Waals surface area contributed by atoms with Gasteiger partial charge in [-0.3, -0.25) is 9.59 Å². The summed E-state index contributed by atoms with van der Waals surface area (Å²) in [4.78, 5) is 22.0. The number of carboxylic acid groups (broad SMARTS) is 2. The average molecular weight is 198 g/mol. The Labute approximate surface area is 81.9 Å². The summed E-state index contributed by atoms with van der Waals surface area (Å²) in [6.45, 7) is 0. The normalized spacial score (nSPS) is 40.9. The molecule has 0 aromatic rings. The molecule has 3 saturated carbocycles. The monoisotopic (exact) mass is 198 g/mol. The quantitative estimate of drug-likeness (QED) is 0.699. The zero-order valence-electron chi connectivity index (χ0n) is 7.85. The van der Waals surface area contributed by atoms with Gasteiger partial charge >= 0.3 is 11.9 Å². The van der Waals surface area contributed by atoms with E-state index in [9.17, 15) is 9.59 Å². The van der Waals surface area contributed by atoms with E-state index in [1.54, 1.807) is 0 Å². The molecule has 2 bridgehead atoms. The fourth-order valence-electron chi connectivity index (χ4n) is 3.16. The topological polar surface area (TPSA) is 74.6 Å². The largest absolute Gasteiger partial charge is 0.481 e. The Balaban J connectivity index is 2.27. The third kappa shape index (κ3) is 1.29. The summed E-state index contributed by atoms with van der Waals surface area (Å²) in [6, 6.07) is 0. The lowest BCUT2D eigenvalue weighted by atomic mass is 9.58. The van der Waals surface area contributed by atoms with E-state index in [4.69, 9.17) is 10.2 Å². The maximum Gasteiger partial charge on any atom is 0.307 e. The van der Waals surface area contributed by atoms with Gasteiger partial charge in [-0.1, -0.05) is 0 Å². The third-order valence-electron chi connectivity index (χ3n) is 3.79. The second-order valence-corrected chi connectivity index (χ2v) is 4.40. The highest BCUT2D eigenvalue weighted by Crippen LogP contribution is 2.48. The first-order valence-corrected chi connectivity index (χ1v) is 5.07. The molecule has 2 unspecified atom stereocenters. The minimum Gasteiger partial charge on any atom is -0.481 e. The Morgan fingerprint density at radius 2 is 1.07 bits per heavy atom. The molecule has 3 rings (SSSR count). The molecule has 0 aromatic carbocycles. The van der Waals surface area contributed by atoms with Crippen LogP contribution in [0.3, 0.4) is 0 Å². The standard InChI is InChI=1S/C10H14O4/c11-9(12)7-5-1-2-6(4-3-5)8(7)10(13)14/h5-8H,1-4H2,(H,11,12)(H,13,14). The SMILES string of the molecule is O=C(O)C1C2CCC(CC2)C1C(=O)O. The Bertz CT molecular complexity index is 237. The van der Waals surface area contributed by atoms with E-state index in [0.29, 0.717) is 0 Å². The summed E-state index contributed by atoms with van der Waals surface area (Å²) in [5, 5.41) is 18.0. The number of hydrogen-bond acceptors (Lipinski definition) is 2. The van der Waals surface area contributed by atoms with Crippen LogP contribution in [0.5, 0.6) is 0 Å². The molecular formula is C10H14O4. The lowest BCUT2D eigenvalue weighted by Crippen LogP contribution is -2.47. The summed E-state index contributed by atoms with van der Waals surface area (Å²) in [5.74, 6) is -2.93. The predicted molar refractivity (Wildman–Crippen MR) is 47.7 cm³/mol. The van der Waals surface area contributed by atoms with Gasteiger partial charge in [-0.05, 0) is 37.5 Å². The lowest BCUT2D eigenvalue weighted by Gasteiger charge is -2.44. The van der Waals surface area contributed by atoms with Gasteiger partial charge in [0.2, 0.25) is 0 Å². The average Bonchev–Trinajstić information content (AvgIpc) is 2.17. The van der Waals surface area contributed by atoms with E-state index < -0.39 is 23.8 Å². The Morgan fingerprint density at radius 3 is 1.29 bits per heavy atom. The van der Waals surface area contributed by atoms with Crippen molar-refractivity contribution >= 4 is 11.9 Å². The molecular weight excluding hydrogens is 184 g/mol. The second kappa shape index (κ2) is 3.26. The van der Waals surface area contributed by atoms with Gasteiger partial charge in [-0.15, -0.1) is 0 Å². The van der Waals surface area contributed by atoms with Gasteiger partial charge in [0.05, 0.1) is 11.8 Å². The maximum absolute atomic E-state index is 11.0. The zero-order chi connectivity index (χ0) is 10.3. The first kappa shape index (κ1) is 9.49. The summed E-state index contributed by atoms with van der Waals surface area (Å²) < 4.78 is 0. The van der Waals surface area contributed by atoms with Crippen molar-refractivity contribution in [3.05, 3.63) is 0 Å². The van der Waals surface area contributed by atoms with E-state index in [-0.39, 0.29) is 11.8 Å². The molecule has 4 nitrogen and oxygen atoms in total. The van der Waals surface area contributed by atoms with Crippen LogP contribution in [0.4, 0.5) is 0 Å². The van der Waals surface area contributed by atoms with Crippen LogP contribution in [0.1, 0.15) is 25.7 Å². The first-order valence-electron chi connectivity index (χ1n) is 5.07. The molecule has 0 aliphatic heterocycles. The molecule has 78 valence electrons. The number of aliphatic carboxylic acids is 2. The number of rotatable bonds is 2. The van der Waals surface area contributed by atoms with Crippen LogP contribution in [-0.4, -0.2) is 22.2 Å². The van der Waals surface area contributed by atoms with E-state index in [1.165, 1.54) is 0 Å². The van der Waals surface area contributed by atoms with Gasteiger partial charge in [-0.2, -0.15) is 0 Å². The van der Waals surface area contributed by atoms with Crippen molar-refractivity contribution in [1.82, 2.24) is 0 Å². The molecule has 3 aliphatic carbocycles. The van der Waals surface area contributed by atoms with Crippen molar-refractivity contribution in [2.75, 3.05) is 0 Å². The minimum absolute atomic E-state index is 0.0959. The molecule has 2 atom stereocenters. The predicted octanol–water partition coefficient (Wildman–Crippen LogP) is 1.21. The van der Waals surface area contributed by atoms with Crippen molar-refractivity contribution in [1.29, 1.82) is 0 Å². The molecule has 0 saturated heterocycles. The highest BCUT2D eigenvalue weighted by molar-refractivity contribution is 5.81. The van der Waals surface area contributed by atoms with Gasteiger partial charge in [-0.25, -0.2) is 0 Å². The maximum atomic E-state index is 11.0. The molecule has 3 aliphatic rings. The van der Waals surface area contributed by atoms with Crippen LogP contribution < -0.4 is 0 Å². The molecule has 14 heavy (non-hydrogen) atoms. The molecule has 0 heterocycles. The molecule has 3 fully saturated rings. The number of hydrogen-bond donors (Lipinski definition) is 2. The third-order valence-corrected chi connectivity index (χ3v) is 3.79. The fraction of sp³-hybridized carbons (Fsp3) is 0.800. The number of carbonyl (C=O) groups is 2. The van der Waals surface area contributed by atoms with Crippen LogP contribution in [-0.2, 0) is 9.59 Å². The van der Waals surface area contributed by atoms with Gasteiger partial charge in [0.25, 0.3) is 0 Å². The fourth-order valence-corrected chi connectivity index (χ4v) is 3.16. The molecule has 0 aromatic heterocycles. The Hall–Kier alpha value is -1.06. The van der Waals surface area contributed by atoms with Crippen molar-refractivity contribution in [2.45, 2.75) is 25.7 Å².